The lowest BCUT2D eigenvalue weighted by atomic mass is 9.70. The molecule has 0 atom stereocenters. The lowest BCUT2D eigenvalue weighted by Crippen LogP contribution is -2.26. The number of rotatable bonds is 2. The molecule has 0 aliphatic heterocycles. The molecule has 56 heavy (non-hydrogen) atoms. The Morgan fingerprint density at radius 3 is 1.46 bits per heavy atom. The number of furan rings is 1. The Morgan fingerprint density at radius 1 is 0.321 bits per heavy atom. The van der Waals surface area contributed by atoms with E-state index in [4.69, 9.17) is 14.4 Å². The van der Waals surface area contributed by atoms with Crippen LogP contribution in [0.5, 0.6) is 0 Å². The Kier molecular flexibility index (Phi) is 5.83. The highest BCUT2D eigenvalue weighted by molar-refractivity contribution is 6.23. The number of para-hydroxylation sites is 1. The normalized spacial score (nSPS) is 13.5. The van der Waals surface area contributed by atoms with Crippen LogP contribution in [0.25, 0.3) is 99.0 Å². The maximum Gasteiger partial charge on any atom is 0.135 e. The maximum atomic E-state index is 6.22. The molecule has 0 saturated carbocycles. The van der Waals surface area contributed by atoms with Gasteiger partial charge in [-0.05, 0) is 114 Å². The van der Waals surface area contributed by atoms with Crippen LogP contribution in [0, 0.1) is 0 Å². The third kappa shape index (κ3) is 3.81. The topological polar surface area (TPSA) is 38.9 Å². The zero-order valence-electron chi connectivity index (χ0n) is 30.1. The van der Waals surface area contributed by atoms with Gasteiger partial charge >= 0.3 is 0 Å². The fraction of sp³-hybridized carbons (Fsp3) is 0.0189. The molecule has 9 aromatic carbocycles. The lowest BCUT2D eigenvalue weighted by molar-refractivity contribution is 0.669. The van der Waals surface area contributed by atoms with Crippen LogP contribution in [0.1, 0.15) is 22.3 Å². The van der Waals surface area contributed by atoms with Crippen LogP contribution in [0.4, 0.5) is 0 Å². The summed E-state index contributed by atoms with van der Waals surface area (Å²) in [7, 11) is 0. The van der Waals surface area contributed by atoms with E-state index in [9.17, 15) is 0 Å². The van der Waals surface area contributed by atoms with E-state index in [0.717, 1.165) is 43.7 Å². The van der Waals surface area contributed by atoms with Gasteiger partial charge in [0.15, 0.2) is 0 Å². The molecule has 0 amide bonds. The molecule has 2 aromatic heterocycles. The van der Waals surface area contributed by atoms with Crippen molar-refractivity contribution >= 4 is 54.5 Å². The molecule has 0 fully saturated rings. The molecule has 0 bridgehead atoms. The summed E-state index contributed by atoms with van der Waals surface area (Å²) in [4.78, 5) is 9.57. The summed E-state index contributed by atoms with van der Waals surface area (Å²) in [5.74, 6) is 0. The van der Waals surface area contributed by atoms with Crippen molar-refractivity contribution in [2.75, 3.05) is 0 Å². The van der Waals surface area contributed by atoms with Gasteiger partial charge in [-0.2, -0.15) is 0 Å². The average Bonchev–Trinajstić information content (AvgIpc) is 3.89. The minimum Gasteiger partial charge on any atom is -0.456 e. The molecule has 1 spiro atoms. The van der Waals surface area contributed by atoms with E-state index in [1.807, 2.05) is 12.1 Å². The molecular weight excluding hydrogens is 681 g/mol. The number of nitrogens with zero attached hydrogens (tertiary/aromatic N) is 2. The van der Waals surface area contributed by atoms with Gasteiger partial charge in [0.1, 0.15) is 11.2 Å². The van der Waals surface area contributed by atoms with Crippen LogP contribution in [-0.2, 0) is 5.41 Å². The molecule has 2 aliphatic carbocycles. The standard InChI is InChI=1S/C53H30N2O/c1-2-13-41-35(9-1)43-27-31(19-23-42(43)52-51(41)54-25-26-55-52)33-17-21-38-39-22-18-34(32-20-24-50-44(28-32)40-12-5-8-16-49(40)56-50)30-48(39)53(47(38)29-33)45-14-6-3-10-36(45)37-11-4-7-15-46(37)53/h1-30H. The van der Waals surface area contributed by atoms with Crippen molar-refractivity contribution in [1.29, 1.82) is 0 Å². The van der Waals surface area contributed by atoms with Crippen molar-refractivity contribution in [3.63, 3.8) is 0 Å². The summed E-state index contributed by atoms with van der Waals surface area (Å²) in [5, 5.41) is 6.90. The Hall–Kier alpha value is -7.36. The SMILES string of the molecule is c1ccc2c(c1)-c1ccccc1C21c2cc(-c3ccc4oc5ccccc5c4c3)ccc2-c2ccc(-c3ccc4c(c3)c3ccccc3c3nccnc43)cc21. The summed E-state index contributed by atoms with van der Waals surface area (Å²) >= 11 is 0. The van der Waals surface area contributed by atoms with E-state index in [0.29, 0.717) is 0 Å². The highest BCUT2D eigenvalue weighted by Crippen LogP contribution is 2.63. The van der Waals surface area contributed by atoms with Crippen LogP contribution in [0.15, 0.2) is 187 Å². The molecule has 2 heterocycles. The van der Waals surface area contributed by atoms with Crippen LogP contribution < -0.4 is 0 Å². The fourth-order valence-electron chi connectivity index (χ4n) is 10.2. The molecule has 11 aromatic rings. The monoisotopic (exact) mass is 710 g/mol. The molecule has 0 radical (unpaired) electrons. The lowest BCUT2D eigenvalue weighted by Gasteiger charge is -2.31. The second kappa shape index (κ2) is 10.9. The summed E-state index contributed by atoms with van der Waals surface area (Å²) in [6.07, 6.45) is 3.58. The summed E-state index contributed by atoms with van der Waals surface area (Å²) in [5.41, 5.74) is 18.5. The third-order valence-electron chi connectivity index (χ3n) is 12.6. The average molecular weight is 711 g/mol. The van der Waals surface area contributed by atoms with Crippen molar-refractivity contribution in [3.05, 3.63) is 205 Å². The van der Waals surface area contributed by atoms with Gasteiger partial charge in [-0.15, -0.1) is 0 Å². The highest BCUT2D eigenvalue weighted by atomic mass is 16.3. The predicted octanol–water partition coefficient (Wildman–Crippen LogP) is 13.5. The van der Waals surface area contributed by atoms with E-state index in [1.165, 1.54) is 77.5 Å². The number of benzene rings is 9. The first-order chi connectivity index (χ1) is 27.8. The number of fused-ring (bicyclic) bond motifs is 19. The van der Waals surface area contributed by atoms with Crippen molar-refractivity contribution in [2.24, 2.45) is 0 Å². The second-order valence-corrected chi connectivity index (χ2v) is 15.2. The van der Waals surface area contributed by atoms with E-state index in [2.05, 4.69) is 158 Å². The van der Waals surface area contributed by atoms with Gasteiger partial charge in [0.05, 0.1) is 16.4 Å². The zero-order chi connectivity index (χ0) is 36.5. The molecule has 13 rings (SSSR count). The molecule has 3 nitrogen and oxygen atoms in total. The largest absolute Gasteiger partial charge is 0.456 e. The second-order valence-electron chi connectivity index (χ2n) is 15.2. The maximum absolute atomic E-state index is 6.22. The van der Waals surface area contributed by atoms with Crippen LogP contribution >= 0.6 is 0 Å². The molecule has 3 heteroatoms. The number of aromatic nitrogens is 2. The fourth-order valence-corrected chi connectivity index (χ4v) is 10.2. The van der Waals surface area contributed by atoms with Gasteiger partial charge < -0.3 is 4.42 Å². The summed E-state index contributed by atoms with van der Waals surface area (Å²) < 4.78 is 6.22. The van der Waals surface area contributed by atoms with Gasteiger partial charge in [0.2, 0.25) is 0 Å². The minimum absolute atomic E-state index is 0.481. The van der Waals surface area contributed by atoms with E-state index < -0.39 is 5.41 Å². The summed E-state index contributed by atoms with van der Waals surface area (Å²) in [6, 6.07) is 62.7. The Morgan fingerprint density at radius 2 is 0.786 bits per heavy atom. The predicted molar refractivity (Wildman–Crippen MR) is 229 cm³/mol. The van der Waals surface area contributed by atoms with Crippen molar-refractivity contribution in [2.45, 2.75) is 5.41 Å². The molecule has 2 aliphatic rings. The van der Waals surface area contributed by atoms with Gasteiger partial charge in [-0.3, -0.25) is 9.97 Å². The zero-order valence-corrected chi connectivity index (χ0v) is 30.1. The quantitative estimate of drug-likeness (QED) is 0.168. The van der Waals surface area contributed by atoms with Crippen LogP contribution in [0.3, 0.4) is 0 Å². The van der Waals surface area contributed by atoms with Gasteiger partial charge in [0, 0.05) is 33.9 Å². The van der Waals surface area contributed by atoms with Gasteiger partial charge in [0.25, 0.3) is 0 Å². The third-order valence-corrected chi connectivity index (χ3v) is 12.6. The van der Waals surface area contributed by atoms with Crippen LogP contribution in [0.2, 0.25) is 0 Å². The van der Waals surface area contributed by atoms with E-state index in [-0.39, 0.29) is 0 Å². The smallest absolute Gasteiger partial charge is 0.135 e. The summed E-state index contributed by atoms with van der Waals surface area (Å²) in [6.45, 7) is 0. The van der Waals surface area contributed by atoms with Crippen molar-refractivity contribution in [3.8, 4) is 44.5 Å². The molecular formula is C53H30N2O. The Bertz CT molecular complexity index is 3420. The van der Waals surface area contributed by atoms with Crippen molar-refractivity contribution < 1.29 is 4.42 Å². The molecule has 0 unspecified atom stereocenters. The first-order valence-corrected chi connectivity index (χ1v) is 19.2. The first-order valence-electron chi connectivity index (χ1n) is 19.2. The first kappa shape index (κ1) is 30.0. The Labute approximate surface area is 322 Å². The minimum atomic E-state index is -0.481. The van der Waals surface area contributed by atoms with Gasteiger partial charge in [-0.25, -0.2) is 0 Å². The molecule has 0 N–H and O–H groups in total. The molecule has 258 valence electrons. The Balaban J connectivity index is 1.06. The molecule has 0 saturated heterocycles. The van der Waals surface area contributed by atoms with Crippen molar-refractivity contribution in [1.82, 2.24) is 9.97 Å². The van der Waals surface area contributed by atoms with E-state index >= 15 is 0 Å². The highest BCUT2D eigenvalue weighted by Gasteiger charge is 2.51. The van der Waals surface area contributed by atoms with Crippen LogP contribution in [-0.4, -0.2) is 9.97 Å². The number of hydrogen-bond acceptors (Lipinski definition) is 3. The number of hydrogen-bond donors (Lipinski definition) is 0. The van der Waals surface area contributed by atoms with E-state index in [1.54, 1.807) is 12.4 Å². The van der Waals surface area contributed by atoms with Gasteiger partial charge in [-0.1, -0.05) is 133 Å².